The van der Waals surface area contributed by atoms with Gasteiger partial charge in [0.15, 0.2) is 0 Å². The maximum absolute atomic E-state index is 10.4. The number of hydrogen-bond acceptors (Lipinski definition) is 4. The molecule has 0 aliphatic heterocycles. The van der Waals surface area contributed by atoms with Crippen molar-refractivity contribution in [2.45, 2.75) is 38.3 Å². The normalized spacial score (nSPS) is 14.7. The van der Waals surface area contributed by atoms with Gasteiger partial charge in [0.05, 0.1) is 0 Å². The van der Waals surface area contributed by atoms with Gasteiger partial charge in [-0.05, 0) is 25.8 Å². The first kappa shape index (κ1) is 13.1. The zero-order valence-corrected chi connectivity index (χ0v) is 8.49. The van der Waals surface area contributed by atoms with Gasteiger partial charge in [0, 0.05) is 12.3 Å². The highest BCUT2D eigenvalue weighted by Gasteiger charge is 2.10. The molecule has 1 unspecified atom stereocenters. The van der Waals surface area contributed by atoms with Crippen LogP contribution in [0.5, 0.6) is 0 Å². The first-order valence-electron chi connectivity index (χ1n) is 4.84. The molecule has 0 bridgehead atoms. The van der Waals surface area contributed by atoms with Gasteiger partial charge in [0.2, 0.25) is 0 Å². The van der Waals surface area contributed by atoms with E-state index in [1.807, 2.05) is 6.92 Å². The Morgan fingerprint density at radius 1 is 1.71 bits per heavy atom. The van der Waals surface area contributed by atoms with E-state index in [0.29, 0.717) is 13.0 Å². The van der Waals surface area contributed by atoms with Crippen molar-refractivity contribution in [2.75, 3.05) is 6.54 Å². The summed E-state index contributed by atoms with van der Waals surface area (Å²) in [5, 5.41) is 18.7. The fourth-order valence-electron chi connectivity index (χ4n) is 1.05. The standard InChI is InChI=1S/C9H19N3O2/c1-2-7(6-10)12-5-3-4-8(11)9(13)14/h6-8,10,12H,2-5,11H2,1H3,(H,13,14)/t7?,8-/m0/s1. The van der Waals surface area contributed by atoms with Gasteiger partial charge in [0.1, 0.15) is 6.04 Å². The molecule has 0 amide bonds. The summed E-state index contributed by atoms with van der Waals surface area (Å²) < 4.78 is 0. The van der Waals surface area contributed by atoms with E-state index < -0.39 is 12.0 Å². The van der Waals surface area contributed by atoms with Crippen molar-refractivity contribution in [3.63, 3.8) is 0 Å². The van der Waals surface area contributed by atoms with Gasteiger partial charge in [-0.3, -0.25) is 4.79 Å². The number of hydrogen-bond donors (Lipinski definition) is 4. The number of carbonyl (C=O) groups is 1. The predicted molar refractivity (Wildman–Crippen MR) is 55.7 cm³/mol. The van der Waals surface area contributed by atoms with Gasteiger partial charge in [-0.1, -0.05) is 6.92 Å². The zero-order chi connectivity index (χ0) is 11.0. The van der Waals surface area contributed by atoms with Crippen LogP contribution in [0.1, 0.15) is 26.2 Å². The minimum absolute atomic E-state index is 0.0936. The maximum atomic E-state index is 10.4. The topological polar surface area (TPSA) is 99.2 Å². The van der Waals surface area contributed by atoms with Crippen LogP contribution in [-0.4, -0.2) is 35.9 Å². The molecule has 5 heteroatoms. The Labute approximate surface area is 84.2 Å². The number of carboxylic acid groups (broad SMARTS) is 1. The molecule has 0 aromatic heterocycles. The molecule has 82 valence electrons. The highest BCUT2D eigenvalue weighted by molar-refractivity contribution is 5.72. The van der Waals surface area contributed by atoms with Crippen molar-refractivity contribution < 1.29 is 9.90 Å². The van der Waals surface area contributed by atoms with E-state index in [1.165, 1.54) is 6.21 Å². The lowest BCUT2D eigenvalue weighted by Gasteiger charge is -2.11. The van der Waals surface area contributed by atoms with Gasteiger partial charge in [-0.15, -0.1) is 0 Å². The smallest absolute Gasteiger partial charge is 0.320 e. The minimum Gasteiger partial charge on any atom is -0.480 e. The summed E-state index contributed by atoms with van der Waals surface area (Å²) in [6.45, 7) is 2.69. The molecule has 5 nitrogen and oxygen atoms in total. The molecule has 0 saturated heterocycles. The molecule has 0 aliphatic carbocycles. The molecule has 0 rings (SSSR count). The molecular formula is C9H19N3O2. The average molecular weight is 201 g/mol. The summed E-state index contributed by atoms with van der Waals surface area (Å²) in [6, 6.07) is -0.673. The summed E-state index contributed by atoms with van der Waals surface area (Å²) in [5.41, 5.74) is 5.33. The molecule has 5 N–H and O–H groups in total. The SMILES string of the molecule is CCC(C=N)NCCC[C@H](N)C(=O)O. The van der Waals surface area contributed by atoms with Crippen LogP contribution in [0.15, 0.2) is 0 Å². The van der Waals surface area contributed by atoms with Crippen LogP contribution in [0.25, 0.3) is 0 Å². The second-order valence-corrected chi connectivity index (χ2v) is 3.22. The van der Waals surface area contributed by atoms with Crippen molar-refractivity contribution in [3.05, 3.63) is 0 Å². The lowest BCUT2D eigenvalue weighted by atomic mass is 10.1. The van der Waals surface area contributed by atoms with Crippen LogP contribution >= 0.6 is 0 Å². The van der Waals surface area contributed by atoms with Gasteiger partial charge in [-0.25, -0.2) is 0 Å². The molecule has 0 saturated carbocycles. The minimum atomic E-state index is -0.955. The third-order valence-corrected chi connectivity index (χ3v) is 2.06. The number of carboxylic acids is 1. The Morgan fingerprint density at radius 3 is 2.79 bits per heavy atom. The first-order valence-corrected chi connectivity index (χ1v) is 4.84. The maximum Gasteiger partial charge on any atom is 0.320 e. The van der Waals surface area contributed by atoms with Crippen molar-refractivity contribution in [1.82, 2.24) is 5.32 Å². The molecule has 0 aromatic carbocycles. The summed E-state index contributed by atoms with van der Waals surface area (Å²) in [5.74, 6) is -0.955. The number of rotatable bonds is 8. The third-order valence-electron chi connectivity index (χ3n) is 2.06. The van der Waals surface area contributed by atoms with Gasteiger partial charge in [-0.2, -0.15) is 0 Å². The highest BCUT2D eigenvalue weighted by atomic mass is 16.4. The quantitative estimate of drug-likeness (QED) is 0.333. The van der Waals surface area contributed by atoms with E-state index >= 15 is 0 Å². The van der Waals surface area contributed by atoms with Crippen LogP contribution in [-0.2, 0) is 4.79 Å². The lowest BCUT2D eigenvalue weighted by Crippen LogP contribution is -2.33. The highest BCUT2D eigenvalue weighted by Crippen LogP contribution is 1.94. The second kappa shape index (κ2) is 7.46. The van der Waals surface area contributed by atoms with E-state index in [9.17, 15) is 4.79 Å². The molecule has 0 fully saturated rings. The van der Waals surface area contributed by atoms with Gasteiger partial charge < -0.3 is 21.6 Å². The Balaban J connectivity index is 3.45. The monoisotopic (exact) mass is 201 g/mol. The molecule has 0 aromatic rings. The van der Waals surface area contributed by atoms with Gasteiger partial charge >= 0.3 is 5.97 Å². The summed E-state index contributed by atoms with van der Waals surface area (Å²) >= 11 is 0. The average Bonchev–Trinajstić information content (AvgIpc) is 2.17. The van der Waals surface area contributed by atoms with Crippen molar-refractivity contribution in [1.29, 1.82) is 5.41 Å². The number of aliphatic carboxylic acids is 1. The molecule has 0 aliphatic rings. The molecular weight excluding hydrogens is 182 g/mol. The van der Waals surface area contributed by atoms with E-state index in [2.05, 4.69) is 5.32 Å². The predicted octanol–water partition coefficient (Wildman–Crippen LogP) is 0.196. The lowest BCUT2D eigenvalue weighted by molar-refractivity contribution is -0.138. The Bertz CT molecular complexity index is 181. The van der Waals surface area contributed by atoms with E-state index in [-0.39, 0.29) is 6.04 Å². The fourth-order valence-corrected chi connectivity index (χ4v) is 1.05. The molecule has 14 heavy (non-hydrogen) atoms. The van der Waals surface area contributed by atoms with E-state index in [1.54, 1.807) is 0 Å². The van der Waals surface area contributed by atoms with E-state index in [4.69, 9.17) is 16.2 Å². The zero-order valence-electron chi connectivity index (χ0n) is 8.49. The van der Waals surface area contributed by atoms with Crippen LogP contribution in [0.2, 0.25) is 0 Å². The van der Waals surface area contributed by atoms with Crippen molar-refractivity contribution in [3.8, 4) is 0 Å². The van der Waals surface area contributed by atoms with Crippen molar-refractivity contribution in [2.24, 2.45) is 5.73 Å². The van der Waals surface area contributed by atoms with Crippen LogP contribution in [0.3, 0.4) is 0 Å². The van der Waals surface area contributed by atoms with Crippen LogP contribution in [0, 0.1) is 5.41 Å². The van der Waals surface area contributed by atoms with Crippen molar-refractivity contribution >= 4 is 12.2 Å². The number of nitrogens with one attached hydrogen (secondary N) is 2. The van der Waals surface area contributed by atoms with Crippen LogP contribution < -0.4 is 11.1 Å². The Morgan fingerprint density at radius 2 is 2.36 bits per heavy atom. The molecule has 0 spiro atoms. The summed E-state index contributed by atoms with van der Waals surface area (Å²) in [4.78, 5) is 10.4. The van der Waals surface area contributed by atoms with E-state index in [0.717, 1.165) is 12.8 Å². The number of nitrogens with two attached hydrogens (primary N) is 1. The van der Waals surface area contributed by atoms with Crippen LogP contribution in [0.4, 0.5) is 0 Å². The fraction of sp³-hybridized carbons (Fsp3) is 0.778. The molecule has 0 heterocycles. The Hall–Kier alpha value is -0.940. The summed E-state index contributed by atoms with van der Waals surface area (Å²) in [7, 11) is 0. The molecule has 2 atom stereocenters. The van der Waals surface area contributed by atoms with Gasteiger partial charge in [0.25, 0.3) is 0 Å². The second-order valence-electron chi connectivity index (χ2n) is 3.22. The third kappa shape index (κ3) is 5.66. The summed E-state index contributed by atoms with van der Waals surface area (Å²) in [6.07, 6.45) is 3.42. The first-order chi connectivity index (χ1) is 6.61. The Kier molecular flexibility index (Phi) is 6.96. The largest absolute Gasteiger partial charge is 0.480 e. The molecule has 0 radical (unpaired) electrons.